The number of amides is 1. The van der Waals surface area contributed by atoms with Crippen LogP contribution in [0.2, 0.25) is 0 Å². The molecule has 2 heterocycles. The standard InChI is InChI=1S/C22H32FN5O3/c1-21(2,3)30-20(29)25-22(4,5)19-24-18(31-26-19)15-27-11-6-12-28(14-13-27)17-9-7-16(23)8-10-17/h7-10H,6,11-15H2,1-5H3,(H,25,29). The van der Waals surface area contributed by atoms with Crippen LogP contribution in [0.3, 0.4) is 0 Å². The molecule has 2 aromatic rings. The van der Waals surface area contributed by atoms with E-state index in [4.69, 9.17) is 9.26 Å². The van der Waals surface area contributed by atoms with Crippen LogP contribution in [0.4, 0.5) is 14.9 Å². The normalized spacial score (nSPS) is 16.1. The fourth-order valence-corrected chi connectivity index (χ4v) is 3.42. The molecule has 1 aromatic carbocycles. The van der Waals surface area contributed by atoms with Crippen LogP contribution in [-0.2, 0) is 16.8 Å². The number of nitrogens with one attached hydrogen (secondary N) is 1. The topological polar surface area (TPSA) is 83.7 Å². The van der Waals surface area contributed by atoms with Crippen molar-refractivity contribution < 1.29 is 18.4 Å². The Bertz CT molecular complexity index is 876. The summed E-state index contributed by atoms with van der Waals surface area (Å²) >= 11 is 0. The van der Waals surface area contributed by atoms with Crippen molar-refractivity contribution in [3.63, 3.8) is 0 Å². The van der Waals surface area contributed by atoms with Crippen molar-refractivity contribution in [2.75, 3.05) is 31.1 Å². The molecule has 1 aliphatic heterocycles. The van der Waals surface area contributed by atoms with Crippen LogP contribution in [0, 0.1) is 5.82 Å². The summed E-state index contributed by atoms with van der Waals surface area (Å²) in [5.74, 6) is 0.678. The van der Waals surface area contributed by atoms with Crippen molar-refractivity contribution in [2.45, 2.75) is 58.7 Å². The van der Waals surface area contributed by atoms with Gasteiger partial charge in [-0.3, -0.25) is 4.90 Å². The molecule has 170 valence electrons. The molecule has 1 aromatic heterocycles. The zero-order valence-corrected chi connectivity index (χ0v) is 18.9. The molecule has 0 aliphatic carbocycles. The van der Waals surface area contributed by atoms with E-state index in [1.807, 2.05) is 32.9 Å². The average Bonchev–Trinajstić information content (AvgIpc) is 3.00. The van der Waals surface area contributed by atoms with E-state index < -0.39 is 17.2 Å². The van der Waals surface area contributed by atoms with Gasteiger partial charge in [0.05, 0.1) is 6.54 Å². The average molecular weight is 434 g/mol. The van der Waals surface area contributed by atoms with Gasteiger partial charge in [-0.15, -0.1) is 0 Å². The Morgan fingerprint density at radius 1 is 1.13 bits per heavy atom. The second kappa shape index (κ2) is 9.21. The van der Waals surface area contributed by atoms with Crippen LogP contribution in [-0.4, -0.2) is 52.9 Å². The largest absolute Gasteiger partial charge is 0.444 e. The van der Waals surface area contributed by atoms with Gasteiger partial charge in [-0.05, 0) is 65.3 Å². The lowest BCUT2D eigenvalue weighted by Gasteiger charge is -2.26. The van der Waals surface area contributed by atoms with Crippen molar-refractivity contribution in [3.05, 3.63) is 41.8 Å². The van der Waals surface area contributed by atoms with Gasteiger partial charge in [0, 0.05) is 31.9 Å². The first kappa shape index (κ1) is 23.0. The molecule has 3 rings (SSSR count). The highest BCUT2D eigenvalue weighted by atomic mass is 19.1. The molecule has 0 saturated carbocycles. The number of hydrogen-bond donors (Lipinski definition) is 1. The minimum absolute atomic E-state index is 0.225. The zero-order chi connectivity index (χ0) is 22.6. The van der Waals surface area contributed by atoms with E-state index >= 15 is 0 Å². The molecule has 0 radical (unpaired) electrons. The Kier molecular flexibility index (Phi) is 6.83. The fourth-order valence-electron chi connectivity index (χ4n) is 3.42. The third kappa shape index (κ3) is 6.65. The molecule has 0 bridgehead atoms. The summed E-state index contributed by atoms with van der Waals surface area (Å²) < 4.78 is 24.0. The predicted octanol–water partition coefficient (Wildman–Crippen LogP) is 3.68. The number of aromatic nitrogens is 2. The van der Waals surface area contributed by atoms with Gasteiger partial charge in [0.25, 0.3) is 0 Å². The number of ether oxygens (including phenoxy) is 1. The van der Waals surface area contributed by atoms with E-state index in [2.05, 4.69) is 25.3 Å². The van der Waals surface area contributed by atoms with Gasteiger partial charge in [0.15, 0.2) is 5.82 Å². The van der Waals surface area contributed by atoms with Crippen molar-refractivity contribution in [1.29, 1.82) is 0 Å². The first-order valence-corrected chi connectivity index (χ1v) is 10.6. The Balaban J connectivity index is 1.56. The van der Waals surface area contributed by atoms with Crippen LogP contribution >= 0.6 is 0 Å². The summed E-state index contributed by atoms with van der Waals surface area (Å²) in [6, 6.07) is 6.61. The van der Waals surface area contributed by atoms with Crippen LogP contribution in [0.5, 0.6) is 0 Å². The molecule has 0 spiro atoms. The van der Waals surface area contributed by atoms with Crippen LogP contribution in [0.15, 0.2) is 28.8 Å². The lowest BCUT2D eigenvalue weighted by Crippen LogP contribution is -2.44. The highest BCUT2D eigenvalue weighted by Gasteiger charge is 2.31. The maximum Gasteiger partial charge on any atom is 0.408 e. The third-order valence-corrected chi connectivity index (χ3v) is 4.98. The summed E-state index contributed by atoms with van der Waals surface area (Å²) in [4.78, 5) is 21.1. The van der Waals surface area contributed by atoms with Gasteiger partial charge >= 0.3 is 6.09 Å². The summed E-state index contributed by atoms with van der Waals surface area (Å²) in [5, 5.41) is 6.86. The number of rotatable bonds is 5. The van der Waals surface area contributed by atoms with Gasteiger partial charge in [-0.1, -0.05) is 5.16 Å². The maximum atomic E-state index is 13.2. The minimum Gasteiger partial charge on any atom is -0.444 e. The highest BCUT2D eigenvalue weighted by Crippen LogP contribution is 2.20. The fraction of sp³-hybridized carbons (Fsp3) is 0.591. The van der Waals surface area contributed by atoms with Crippen molar-refractivity contribution >= 4 is 11.8 Å². The van der Waals surface area contributed by atoms with E-state index in [9.17, 15) is 9.18 Å². The number of benzene rings is 1. The van der Waals surface area contributed by atoms with E-state index in [1.54, 1.807) is 13.8 Å². The van der Waals surface area contributed by atoms with Crippen LogP contribution < -0.4 is 10.2 Å². The number of hydrogen-bond acceptors (Lipinski definition) is 7. The van der Waals surface area contributed by atoms with E-state index in [0.717, 1.165) is 38.3 Å². The van der Waals surface area contributed by atoms with E-state index in [-0.39, 0.29) is 5.82 Å². The number of halogens is 1. The number of anilines is 1. The Morgan fingerprint density at radius 2 is 1.84 bits per heavy atom. The van der Waals surface area contributed by atoms with Gasteiger partial charge < -0.3 is 19.5 Å². The van der Waals surface area contributed by atoms with Crippen molar-refractivity contribution in [2.24, 2.45) is 0 Å². The number of nitrogens with zero attached hydrogens (tertiary/aromatic N) is 4. The van der Waals surface area contributed by atoms with Crippen LogP contribution in [0.1, 0.15) is 52.8 Å². The number of carbonyl (C=O) groups is 1. The number of carbonyl (C=O) groups excluding carboxylic acids is 1. The molecule has 1 N–H and O–H groups in total. The Hall–Kier alpha value is -2.68. The molecule has 0 unspecified atom stereocenters. The van der Waals surface area contributed by atoms with Crippen molar-refractivity contribution in [3.8, 4) is 0 Å². The molecule has 31 heavy (non-hydrogen) atoms. The Labute approximate surface area is 182 Å². The molecular formula is C22H32FN5O3. The quantitative estimate of drug-likeness (QED) is 0.770. The monoisotopic (exact) mass is 433 g/mol. The zero-order valence-electron chi connectivity index (χ0n) is 18.9. The van der Waals surface area contributed by atoms with Crippen LogP contribution in [0.25, 0.3) is 0 Å². The maximum absolute atomic E-state index is 13.2. The minimum atomic E-state index is -0.831. The summed E-state index contributed by atoms with van der Waals surface area (Å²) in [7, 11) is 0. The molecule has 1 saturated heterocycles. The summed E-state index contributed by atoms with van der Waals surface area (Å²) in [5.41, 5.74) is -0.391. The van der Waals surface area contributed by atoms with E-state index in [0.29, 0.717) is 18.3 Å². The lowest BCUT2D eigenvalue weighted by atomic mass is 10.1. The molecule has 1 amide bonds. The van der Waals surface area contributed by atoms with Gasteiger partial charge in [0.1, 0.15) is 17.0 Å². The molecule has 1 fully saturated rings. The van der Waals surface area contributed by atoms with Gasteiger partial charge in [0.2, 0.25) is 5.89 Å². The summed E-state index contributed by atoms with van der Waals surface area (Å²) in [6.45, 7) is 13.0. The SMILES string of the molecule is CC(C)(C)OC(=O)NC(C)(C)c1noc(CN2CCCN(c3ccc(F)cc3)CC2)n1. The number of alkyl carbamates (subject to hydrolysis) is 1. The lowest BCUT2D eigenvalue weighted by molar-refractivity contribution is 0.0465. The van der Waals surface area contributed by atoms with Gasteiger partial charge in [-0.25, -0.2) is 9.18 Å². The predicted molar refractivity (Wildman–Crippen MR) is 115 cm³/mol. The Morgan fingerprint density at radius 3 is 2.52 bits per heavy atom. The smallest absolute Gasteiger partial charge is 0.408 e. The molecule has 9 heteroatoms. The molecule has 8 nitrogen and oxygen atoms in total. The van der Waals surface area contributed by atoms with Crippen molar-refractivity contribution in [1.82, 2.24) is 20.4 Å². The molecule has 0 atom stereocenters. The first-order valence-electron chi connectivity index (χ1n) is 10.6. The van der Waals surface area contributed by atoms with Gasteiger partial charge in [-0.2, -0.15) is 4.98 Å². The molecule has 1 aliphatic rings. The third-order valence-electron chi connectivity index (χ3n) is 4.98. The summed E-state index contributed by atoms with van der Waals surface area (Å²) in [6.07, 6.45) is 0.446. The molecular weight excluding hydrogens is 401 g/mol. The van der Waals surface area contributed by atoms with E-state index in [1.165, 1.54) is 12.1 Å². The second-order valence-electron chi connectivity index (χ2n) is 9.36. The first-order chi connectivity index (χ1) is 14.5. The second-order valence-corrected chi connectivity index (χ2v) is 9.36. The highest BCUT2D eigenvalue weighted by molar-refractivity contribution is 5.68.